The number of hydrogen-bond acceptors (Lipinski definition) is 9. The lowest BCUT2D eigenvalue weighted by atomic mass is 10.2. The molecule has 3 aromatic rings. The molecule has 0 atom stereocenters. The summed E-state index contributed by atoms with van der Waals surface area (Å²) in [5.74, 6) is 3.19. The van der Waals surface area contributed by atoms with Crippen molar-refractivity contribution >= 4 is 23.7 Å². The van der Waals surface area contributed by atoms with Crippen molar-refractivity contribution in [3.05, 3.63) is 36.2 Å². The third-order valence-electron chi connectivity index (χ3n) is 3.74. The zero-order valence-corrected chi connectivity index (χ0v) is 17.5. The average molecular weight is 401 g/mol. The van der Waals surface area contributed by atoms with Crippen molar-refractivity contribution in [2.24, 2.45) is 0 Å². The molecule has 0 spiro atoms. The molecule has 2 aromatic heterocycles. The number of para-hydroxylation sites is 1. The van der Waals surface area contributed by atoms with Crippen molar-refractivity contribution in [2.45, 2.75) is 12.1 Å². The lowest BCUT2D eigenvalue weighted by Crippen LogP contribution is -2.20. The first kappa shape index (κ1) is 19.9. The zero-order valence-electron chi connectivity index (χ0n) is 16.7. The second-order valence-electron chi connectivity index (χ2n) is 6.46. The van der Waals surface area contributed by atoms with Gasteiger partial charge in [0, 0.05) is 33.9 Å². The summed E-state index contributed by atoms with van der Waals surface area (Å²) in [5, 5.41) is 5.11. The maximum atomic E-state index is 5.81. The molecule has 0 N–H and O–H groups in total. The summed E-state index contributed by atoms with van der Waals surface area (Å²) in [4.78, 5) is 21.3. The Balaban J connectivity index is 1.64. The molecule has 0 saturated carbocycles. The van der Waals surface area contributed by atoms with Gasteiger partial charge in [-0.2, -0.15) is 19.6 Å². The van der Waals surface area contributed by atoms with Gasteiger partial charge in [0.2, 0.25) is 17.1 Å². The van der Waals surface area contributed by atoms with Gasteiger partial charge in [0.05, 0.1) is 6.61 Å². The van der Waals surface area contributed by atoms with Crippen molar-refractivity contribution in [3.63, 3.8) is 0 Å². The van der Waals surface area contributed by atoms with Gasteiger partial charge in [0.1, 0.15) is 12.1 Å². The molecule has 2 heterocycles. The van der Waals surface area contributed by atoms with Crippen LogP contribution in [0.1, 0.15) is 5.56 Å². The first-order chi connectivity index (χ1) is 13.4. The number of nitrogens with zero attached hydrogens (tertiary/aromatic N) is 8. The number of anilines is 2. The normalized spacial score (nSPS) is 10.8. The van der Waals surface area contributed by atoms with E-state index in [-0.39, 0.29) is 0 Å². The van der Waals surface area contributed by atoms with Crippen molar-refractivity contribution in [1.29, 1.82) is 0 Å². The second-order valence-corrected chi connectivity index (χ2v) is 7.52. The molecule has 10 heteroatoms. The van der Waals surface area contributed by atoms with E-state index >= 15 is 0 Å². The van der Waals surface area contributed by atoms with Gasteiger partial charge in [-0.1, -0.05) is 30.0 Å². The fourth-order valence-corrected chi connectivity index (χ4v) is 2.88. The lowest BCUT2D eigenvalue weighted by molar-refractivity contribution is 0.341. The van der Waals surface area contributed by atoms with Crippen LogP contribution in [0.15, 0.2) is 35.7 Å². The second kappa shape index (κ2) is 8.87. The number of ether oxygens (including phenoxy) is 1. The van der Waals surface area contributed by atoms with Crippen molar-refractivity contribution in [2.75, 3.05) is 50.4 Å². The SMILES string of the molecule is Cc1ccccc1OCCSc1ncn(-c2nc(N(C)C)nc(N(C)C)n2)n1. The summed E-state index contributed by atoms with van der Waals surface area (Å²) in [6.07, 6.45) is 1.61. The third kappa shape index (κ3) is 4.89. The standard InChI is InChI=1S/C18H24N8OS/c1-13-8-6-7-9-14(13)27-10-11-28-18-19-12-26(23-18)17-21-15(24(2)3)20-16(22-17)25(4)5/h6-9,12H,10-11H2,1-5H3. The highest BCUT2D eigenvalue weighted by Gasteiger charge is 2.13. The van der Waals surface area contributed by atoms with E-state index in [2.05, 4.69) is 25.0 Å². The van der Waals surface area contributed by atoms with Gasteiger partial charge in [-0.3, -0.25) is 0 Å². The summed E-state index contributed by atoms with van der Waals surface area (Å²) in [5.41, 5.74) is 1.12. The Hall–Kier alpha value is -2.88. The average Bonchev–Trinajstić information content (AvgIpc) is 3.15. The minimum Gasteiger partial charge on any atom is -0.492 e. The Morgan fingerprint density at radius 3 is 2.32 bits per heavy atom. The van der Waals surface area contributed by atoms with Crippen LogP contribution in [0, 0.1) is 6.92 Å². The fourth-order valence-electron chi connectivity index (χ4n) is 2.26. The van der Waals surface area contributed by atoms with Crippen LogP contribution in [-0.2, 0) is 0 Å². The van der Waals surface area contributed by atoms with Crippen LogP contribution in [0.4, 0.5) is 11.9 Å². The van der Waals surface area contributed by atoms with E-state index in [4.69, 9.17) is 4.74 Å². The Morgan fingerprint density at radius 2 is 1.68 bits per heavy atom. The third-order valence-corrected chi connectivity index (χ3v) is 4.56. The molecule has 3 rings (SSSR count). The number of aromatic nitrogens is 6. The molecule has 1 aromatic carbocycles. The molecule has 28 heavy (non-hydrogen) atoms. The maximum absolute atomic E-state index is 5.81. The molecule has 148 valence electrons. The van der Waals surface area contributed by atoms with Gasteiger partial charge in [0.25, 0.3) is 5.95 Å². The van der Waals surface area contributed by atoms with Crippen molar-refractivity contribution < 1.29 is 4.74 Å². The molecule has 0 amide bonds. The Bertz CT molecular complexity index is 901. The van der Waals surface area contributed by atoms with Crippen LogP contribution in [0.25, 0.3) is 5.95 Å². The van der Waals surface area contributed by atoms with Crippen LogP contribution in [0.3, 0.4) is 0 Å². The molecule has 0 bridgehead atoms. The highest BCUT2D eigenvalue weighted by Crippen LogP contribution is 2.18. The Kier molecular flexibility index (Phi) is 6.30. The van der Waals surface area contributed by atoms with Crippen molar-refractivity contribution in [1.82, 2.24) is 29.7 Å². The summed E-state index contributed by atoms with van der Waals surface area (Å²) >= 11 is 1.52. The smallest absolute Gasteiger partial charge is 0.258 e. The van der Waals surface area contributed by atoms with Gasteiger partial charge in [-0.25, -0.2) is 4.98 Å². The Morgan fingerprint density at radius 1 is 1.00 bits per heavy atom. The molecule has 0 unspecified atom stereocenters. The molecular formula is C18H24N8OS. The van der Waals surface area contributed by atoms with Gasteiger partial charge in [0.15, 0.2) is 0 Å². The number of thioether (sulfide) groups is 1. The summed E-state index contributed by atoms with van der Waals surface area (Å²) < 4.78 is 7.37. The molecule has 0 fully saturated rings. The number of aryl methyl sites for hydroxylation is 1. The van der Waals surface area contributed by atoms with Crippen LogP contribution in [-0.4, -0.2) is 70.3 Å². The molecule has 9 nitrogen and oxygen atoms in total. The molecule has 0 radical (unpaired) electrons. The van der Waals surface area contributed by atoms with Crippen molar-refractivity contribution in [3.8, 4) is 11.7 Å². The minimum absolute atomic E-state index is 0.429. The van der Waals surface area contributed by atoms with Gasteiger partial charge >= 0.3 is 0 Å². The first-order valence-corrected chi connectivity index (χ1v) is 9.76. The summed E-state index contributed by atoms with van der Waals surface area (Å²) in [6, 6.07) is 7.97. The topological polar surface area (TPSA) is 85.1 Å². The molecule has 0 saturated heterocycles. The monoisotopic (exact) mass is 400 g/mol. The predicted molar refractivity (Wildman–Crippen MR) is 111 cm³/mol. The first-order valence-electron chi connectivity index (χ1n) is 8.78. The number of hydrogen-bond donors (Lipinski definition) is 0. The van der Waals surface area contributed by atoms with Gasteiger partial charge in [-0.05, 0) is 18.6 Å². The maximum Gasteiger partial charge on any atom is 0.258 e. The lowest BCUT2D eigenvalue weighted by Gasteiger charge is -2.15. The molecule has 0 aliphatic rings. The molecular weight excluding hydrogens is 376 g/mol. The predicted octanol–water partition coefficient (Wildman–Crippen LogP) is 2.06. The van der Waals surface area contributed by atoms with E-state index in [1.54, 1.807) is 11.0 Å². The largest absolute Gasteiger partial charge is 0.492 e. The van der Waals surface area contributed by atoms with E-state index in [9.17, 15) is 0 Å². The zero-order chi connectivity index (χ0) is 20.1. The highest BCUT2D eigenvalue weighted by atomic mass is 32.2. The fraction of sp³-hybridized carbons (Fsp3) is 0.389. The minimum atomic E-state index is 0.429. The van der Waals surface area contributed by atoms with Gasteiger partial charge in [-0.15, -0.1) is 5.10 Å². The number of rotatable bonds is 8. The van der Waals surface area contributed by atoms with E-state index < -0.39 is 0 Å². The van der Waals surface area contributed by atoms with Gasteiger partial charge < -0.3 is 14.5 Å². The van der Waals surface area contributed by atoms with E-state index in [0.717, 1.165) is 17.1 Å². The van der Waals surface area contributed by atoms with Crippen LogP contribution in [0.2, 0.25) is 0 Å². The number of benzene rings is 1. The van der Waals surface area contributed by atoms with Crippen LogP contribution in [0.5, 0.6) is 5.75 Å². The van der Waals surface area contributed by atoms with E-state index in [1.165, 1.54) is 11.8 Å². The van der Waals surface area contributed by atoms with Crippen LogP contribution < -0.4 is 14.5 Å². The van der Waals surface area contributed by atoms with Crippen LogP contribution >= 0.6 is 11.8 Å². The Labute approximate surface area is 168 Å². The quantitative estimate of drug-likeness (QED) is 0.416. The van der Waals surface area contributed by atoms with E-state index in [0.29, 0.717) is 29.6 Å². The van der Waals surface area contributed by atoms with E-state index in [1.807, 2.05) is 69.2 Å². The summed E-state index contributed by atoms with van der Waals surface area (Å²) in [6.45, 7) is 2.61. The highest BCUT2D eigenvalue weighted by molar-refractivity contribution is 7.99. The molecule has 0 aliphatic carbocycles. The summed E-state index contributed by atoms with van der Waals surface area (Å²) in [7, 11) is 7.54. The molecule has 0 aliphatic heterocycles.